The van der Waals surface area contributed by atoms with Crippen molar-refractivity contribution in [3.63, 3.8) is 0 Å². The fourth-order valence-electron chi connectivity index (χ4n) is 2.59. The fourth-order valence-corrected chi connectivity index (χ4v) is 2.59. The van der Waals surface area contributed by atoms with Gasteiger partial charge in [0.2, 0.25) is 0 Å². The number of pyridine rings is 1. The van der Waals surface area contributed by atoms with Gasteiger partial charge in [-0.25, -0.2) is 0 Å². The maximum Gasteiger partial charge on any atom is 0.0651 e. The van der Waals surface area contributed by atoms with Crippen LogP contribution in [0.5, 0.6) is 0 Å². The molecular formula is C17H14N4. The lowest BCUT2D eigenvalue weighted by molar-refractivity contribution is 1.12. The Morgan fingerprint density at radius 1 is 1.00 bits per heavy atom. The smallest absolute Gasteiger partial charge is 0.0651 e. The molecule has 0 unspecified atom stereocenters. The van der Waals surface area contributed by atoms with Crippen LogP contribution in [-0.4, -0.2) is 15.2 Å². The summed E-state index contributed by atoms with van der Waals surface area (Å²) in [7, 11) is 0. The number of nitrogens with zero attached hydrogens (tertiary/aromatic N) is 2. The van der Waals surface area contributed by atoms with Crippen molar-refractivity contribution in [2.24, 2.45) is 0 Å². The molecule has 2 aromatic heterocycles. The van der Waals surface area contributed by atoms with Crippen molar-refractivity contribution in [3.05, 3.63) is 66.6 Å². The summed E-state index contributed by atoms with van der Waals surface area (Å²) in [4.78, 5) is 4.17. The molecule has 0 amide bonds. The lowest BCUT2D eigenvalue weighted by atomic mass is 10.1. The minimum Gasteiger partial charge on any atom is -0.381 e. The Labute approximate surface area is 121 Å². The first kappa shape index (κ1) is 11.9. The van der Waals surface area contributed by atoms with Crippen LogP contribution in [0.3, 0.4) is 0 Å². The topological polar surface area (TPSA) is 53.6 Å². The Kier molecular flexibility index (Phi) is 2.78. The first-order valence-electron chi connectivity index (χ1n) is 6.89. The number of anilines is 1. The molecule has 0 aliphatic heterocycles. The highest BCUT2D eigenvalue weighted by molar-refractivity contribution is 5.85. The fraction of sp³-hybridized carbons (Fsp3) is 0.0588. The number of nitrogens with one attached hydrogen (secondary N) is 2. The van der Waals surface area contributed by atoms with Crippen LogP contribution in [0.15, 0.2) is 61.1 Å². The number of benzene rings is 2. The predicted octanol–water partition coefficient (Wildman–Crippen LogP) is 3.72. The number of aromatic nitrogens is 3. The molecule has 4 rings (SSSR count). The summed E-state index contributed by atoms with van der Waals surface area (Å²) in [5, 5.41) is 14.0. The van der Waals surface area contributed by atoms with Crippen LogP contribution >= 0.6 is 0 Å². The van der Waals surface area contributed by atoms with Crippen LogP contribution in [0.2, 0.25) is 0 Å². The molecule has 0 bridgehead atoms. The summed E-state index contributed by atoms with van der Waals surface area (Å²) < 4.78 is 0. The molecule has 0 aliphatic carbocycles. The van der Waals surface area contributed by atoms with Crippen molar-refractivity contribution < 1.29 is 0 Å². The minimum atomic E-state index is 0.782. The quantitative estimate of drug-likeness (QED) is 0.598. The number of hydrogen-bond donors (Lipinski definition) is 2. The van der Waals surface area contributed by atoms with Gasteiger partial charge in [-0.3, -0.25) is 10.1 Å². The van der Waals surface area contributed by atoms with Crippen LogP contribution in [0, 0.1) is 0 Å². The van der Waals surface area contributed by atoms with Crippen molar-refractivity contribution in [2.75, 3.05) is 5.32 Å². The summed E-state index contributed by atoms with van der Waals surface area (Å²) in [5.41, 5.74) is 3.41. The van der Waals surface area contributed by atoms with E-state index in [2.05, 4.69) is 56.9 Å². The molecule has 0 spiro atoms. The second kappa shape index (κ2) is 4.90. The van der Waals surface area contributed by atoms with Crippen LogP contribution in [0.4, 0.5) is 5.69 Å². The molecule has 2 aromatic carbocycles. The van der Waals surface area contributed by atoms with Gasteiger partial charge < -0.3 is 5.32 Å². The third-order valence-electron chi connectivity index (χ3n) is 3.69. The Hall–Kier alpha value is -2.88. The second-order valence-electron chi connectivity index (χ2n) is 5.04. The number of rotatable bonds is 3. The molecule has 0 aliphatic rings. The van der Waals surface area contributed by atoms with E-state index in [1.165, 1.54) is 16.3 Å². The lowest BCUT2D eigenvalue weighted by Gasteiger charge is -2.09. The molecule has 4 aromatic rings. The van der Waals surface area contributed by atoms with Gasteiger partial charge in [0.15, 0.2) is 0 Å². The van der Waals surface area contributed by atoms with Crippen LogP contribution in [-0.2, 0) is 6.54 Å². The van der Waals surface area contributed by atoms with Gasteiger partial charge in [-0.05, 0) is 35.2 Å². The Bertz CT molecular complexity index is 905. The largest absolute Gasteiger partial charge is 0.381 e. The average Bonchev–Trinajstić information content (AvgIpc) is 3.00. The molecule has 102 valence electrons. The summed E-state index contributed by atoms with van der Waals surface area (Å²) in [6, 6.07) is 14.6. The van der Waals surface area contributed by atoms with Crippen LogP contribution in [0.25, 0.3) is 21.7 Å². The molecule has 0 fully saturated rings. The number of fused-ring (bicyclic) bond motifs is 2. The van der Waals surface area contributed by atoms with E-state index in [0.717, 1.165) is 23.1 Å². The summed E-state index contributed by atoms with van der Waals surface area (Å²) >= 11 is 0. The molecule has 2 heterocycles. The third kappa shape index (κ3) is 2.21. The molecule has 0 radical (unpaired) electrons. The van der Waals surface area contributed by atoms with E-state index in [4.69, 9.17) is 0 Å². The van der Waals surface area contributed by atoms with Crippen molar-refractivity contribution in [1.29, 1.82) is 0 Å². The molecule has 2 N–H and O–H groups in total. The van der Waals surface area contributed by atoms with E-state index >= 15 is 0 Å². The zero-order valence-electron chi connectivity index (χ0n) is 11.4. The number of aromatic amines is 1. The molecule has 0 atom stereocenters. The van der Waals surface area contributed by atoms with Gasteiger partial charge in [-0.15, -0.1) is 0 Å². The maximum absolute atomic E-state index is 4.17. The number of hydrogen-bond acceptors (Lipinski definition) is 3. The summed E-state index contributed by atoms with van der Waals surface area (Å²) in [6.07, 6.45) is 5.57. The lowest BCUT2D eigenvalue weighted by Crippen LogP contribution is -2.00. The zero-order chi connectivity index (χ0) is 14.1. The van der Waals surface area contributed by atoms with Gasteiger partial charge in [0.05, 0.1) is 11.7 Å². The maximum atomic E-state index is 4.17. The van der Waals surface area contributed by atoms with Gasteiger partial charge >= 0.3 is 0 Å². The zero-order valence-corrected chi connectivity index (χ0v) is 11.4. The standard InChI is InChI=1S/C17H14N4/c1-2-12-9-18-7-6-16(12)13(3-1)10-19-15-4-5-17-14(8-15)11-20-21-17/h1-9,11,19H,10H2,(H,20,21). The first-order valence-corrected chi connectivity index (χ1v) is 6.89. The van der Waals surface area contributed by atoms with Crippen molar-refractivity contribution in [1.82, 2.24) is 15.2 Å². The first-order chi connectivity index (χ1) is 10.4. The van der Waals surface area contributed by atoms with E-state index in [-0.39, 0.29) is 0 Å². The molecular weight excluding hydrogens is 260 g/mol. The van der Waals surface area contributed by atoms with E-state index in [0.29, 0.717) is 0 Å². The van der Waals surface area contributed by atoms with Gasteiger partial charge in [-0.2, -0.15) is 5.10 Å². The van der Waals surface area contributed by atoms with Crippen molar-refractivity contribution in [3.8, 4) is 0 Å². The highest BCUT2D eigenvalue weighted by Crippen LogP contribution is 2.20. The molecule has 21 heavy (non-hydrogen) atoms. The minimum absolute atomic E-state index is 0.782. The van der Waals surface area contributed by atoms with E-state index in [9.17, 15) is 0 Å². The molecule has 4 heteroatoms. The Morgan fingerprint density at radius 2 is 2.00 bits per heavy atom. The summed E-state index contributed by atoms with van der Waals surface area (Å²) in [6.45, 7) is 0.782. The average molecular weight is 274 g/mol. The van der Waals surface area contributed by atoms with E-state index in [1.807, 2.05) is 24.7 Å². The molecule has 4 nitrogen and oxygen atoms in total. The van der Waals surface area contributed by atoms with Gasteiger partial charge in [0, 0.05) is 35.4 Å². The van der Waals surface area contributed by atoms with E-state index in [1.54, 1.807) is 0 Å². The van der Waals surface area contributed by atoms with Crippen molar-refractivity contribution >= 4 is 27.4 Å². The monoisotopic (exact) mass is 274 g/mol. The predicted molar refractivity (Wildman–Crippen MR) is 85.2 cm³/mol. The highest BCUT2D eigenvalue weighted by Gasteiger charge is 2.02. The Balaban J connectivity index is 1.63. The number of H-pyrrole nitrogens is 1. The third-order valence-corrected chi connectivity index (χ3v) is 3.69. The Morgan fingerprint density at radius 3 is 3.00 bits per heavy atom. The molecule has 0 saturated carbocycles. The van der Waals surface area contributed by atoms with Crippen LogP contribution < -0.4 is 5.32 Å². The SMILES string of the molecule is c1cc(CNc2ccc3[nH]ncc3c2)c2ccncc2c1. The molecule has 0 saturated heterocycles. The van der Waals surface area contributed by atoms with E-state index < -0.39 is 0 Å². The normalized spacial score (nSPS) is 11.0. The second-order valence-corrected chi connectivity index (χ2v) is 5.04. The highest BCUT2D eigenvalue weighted by atomic mass is 15.1. The van der Waals surface area contributed by atoms with Gasteiger partial charge in [-0.1, -0.05) is 18.2 Å². The van der Waals surface area contributed by atoms with Gasteiger partial charge in [0.25, 0.3) is 0 Å². The van der Waals surface area contributed by atoms with Gasteiger partial charge in [0.1, 0.15) is 0 Å². The van der Waals surface area contributed by atoms with Crippen LogP contribution in [0.1, 0.15) is 5.56 Å². The van der Waals surface area contributed by atoms with Crippen molar-refractivity contribution in [2.45, 2.75) is 6.54 Å². The summed E-state index contributed by atoms with van der Waals surface area (Å²) in [5.74, 6) is 0.